The third kappa shape index (κ3) is 3.74. The first-order chi connectivity index (χ1) is 14.2. The van der Waals surface area contributed by atoms with Crippen LogP contribution in [0.4, 0.5) is 5.69 Å². The summed E-state index contributed by atoms with van der Waals surface area (Å²) in [6.07, 6.45) is 3.75. The summed E-state index contributed by atoms with van der Waals surface area (Å²) in [6, 6.07) is 20.4. The van der Waals surface area contributed by atoms with Crippen molar-refractivity contribution >= 4 is 28.6 Å². The molecule has 0 aliphatic carbocycles. The van der Waals surface area contributed by atoms with Crippen LogP contribution in [0.2, 0.25) is 0 Å². The van der Waals surface area contributed by atoms with Crippen LogP contribution < -0.4 is 4.90 Å². The van der Waals surface area contributed by atoms with Gasteiger partial charge in [0.2, 0.25) is 0 Å². The number of piperazine rings is 1. The Morgan fingerprint density at radius 3 is 2.41 bits per heavy atom. The highest BCUT2D eigenvalue weighted by Crippen LogP contribution is 2.24. The summed E-state index contributed by atoms with van der Waals surface area (Å²) in [5.41, 5.74) is 3.39. The number of amides is 1. The Labute approximate surface area is 171 Å². The molecule has 1 aliphatic heterocycles. The molecule has 1 aromatic heterocycles. The number of hydrogen-bond acceptors (Lipinski definition) is 3. The average molecular weight is 384 g/mol. The lowest BCUT2D eigenvalue weighted by Gasteiger charge is -2.36. The molecule has 1 saturated heterocycles. The molecule has 0 unspecified atom stereocenters. The number of benzene rings is 2. The van der Waals surface area contributed by atoms with Crippen LogP contribution >= 0.6 is 0 Å². The van der Waals surface area contributed by atoms with Gasteiger partial charge in [0.15, 0.2) is 0 Å². The van der Waals surface area contributed by atoms with Crippen LogP contribution in [-0.4, -0.2) is 41.6 Å². The third-order valence-electron chi connectivity index (χ3n) is 5.50. The highest BCUT2D eigenvalue weighted by Gasteiger charge is 2.24. The van der Waals surface area contributed by atoms with Crippen LogP contribution in [0.25, 0.3) is 17.0 Å². The van der Waals surface area contributed by atoms with E-state index in [-0.39, 0.29) is 11.5 Å². The van der Waals surface area contributed by atoms with E-state index in [9.17, 15) is 10.1 Å². The van der Waals surface area contributed by atoms with Gasteiger partial charge in [-0.2, -0.15) is 5.26 Å². The van der Waals surface area contributed by atoms with Crippen LogP contribution in [0.15, 0.2) is 66.4 Å². The van der Waals surface area contributed by atoms with Crippen molar-refractivity contribution in [1.82, 2.24) is 9.47 Å². The lowest BCUT2D eigenvalue weighted by molar-refractivity contribution is -0.126. The molecule has 0 N–H and O–H groups in total. The Kier molecular flexibility index (Phi) is 5.35. The Morgan fingerprint density at radius 1 is 1.03 bits per heavy atom. The number of nitrogens with zero attached hydrogens (tertiary/aromatic N) is 4. The first-order valence-electron chi connectivity index (χ1n) is 10.00. The zero-order valence-corrected chi connectivity index (χ0v) is 16.6. The van der Waals surface area contributed by atoms with E-state index in [1.165, 1.54) is 5.69 Å². The molecule has 5 heteroatoms. The highest BCUT2D eigenvalue weighted by atomic mass is 16.2. The third-order valence-corrected chi connectivity index (χ3v) is 5.50. The van der Waals surface area contributed by atoms with Gasteiger partial charge in [-0.15, -0.1) is 0 Å². The fraction of sp³-hybridized carbons (Fsp3) is 0.250. The van der Waals surface area contributed by atoms with Crippen molar-refractivity contribution in [1.29, 1.82) is 5.26 Å². The number of aromatic nitrogens is 1. The number of carbonyl (C=O) groups excluding carboxylic acids is 1. The predicted octanol–water partition coefficient (Wildman–Crippen LogP) is 3.92. The molecule has 2 heterocycles. The number of fused-ring (bicyclic) bond motifs is 1. The van der Waals surface area contributed by atoms with Crippen LogP contribution in [0.1, 0.15) is 12.5 Å². The number of carbonyl (C=O) groups is 1. The van der Waals surface area contributed by atoms with E-state index < -0.39 is 0 Å². The predicted molar refractivity (Wildman–Crippen MR) is 116 cm³/mol. The number of rotatable bonds is 4. The van der Waals surface area contributed by atoms with E-state index in [2.05, 4.69) is 40.7 Å². The number of hydrogen-bond donors (Lipinski definition) is 0. The van der Waals surface area contributed by atoms with Gasteiger partial charge in [0.25, 0.3) is 5.91 Å². The molecule has 1 amide bonds. The first kappa shape index (κ1) is 18.8. The number of aryl methyl sites for hydroxylation is 1. The zero-order chi connectivity index (χ0) is 20.2. The maximum Gasteiger partial charge on any atom is 0.264 e. The van der Waals surface area contributed by atoms with Gasteiger partial charge >= 0.3 is 0 Å². The molecule has 29 heavy (non-hydrogen) atoms. The Morgan fingerprint density at radius 2 is 1.72 bits per heavy atom. The van der Waals surface area contributed by atoms with Crippen molar-refractivity contribution < 1.29 is 4.79 Å². The largest absolute Gasteiger partial charge is 0.368 e. The van der Waals surface area contributed by atoms with Crippen molar-refractivity contribution in [3.05, 3.63) is 71.9 Å². The first-order valence-corrected chi connectivity index (χ1v) is 10.00. The number of para-hydroxylation sites is 2. The van der Waals surface area contributed by atoms with Gasteiger partial charge in [-0.3, -0.25) is 4.79 Å². The SMILES string of the molecule is CCn1cc(/C=C(\C#N)C(=O)N2CCN(c3ccccc3)CC2)c2ccccc21. The molecule has 1 fully saturated rings. The van der Waals surface area contributed by atoms with E-state index in [1.807, 2.05) is 42.6 Å². The van der Waals surface area contributed by atoms with E-state index in [0.717, 1.165) is 36.1 Å². The van der Waals surface area contributed by atoms with E-state index >= 15 is 0 Å². The van der Waals surface area contributed by atoms with Gasteiger partial charge < -0.3 is 14.4 Å². The fourth-order valence-electron chi connectivity index (χ4n) is 3.93. The van der Waals surface area contributed by atoms with Gasteiger partial charge in [0, 0.05) is 61.1 Å². The Balaban J connectivity index is 1.53. The summed E-state index contributed by atoms with van der Waals surface area (Å²) < 4.78 is 2.14. The van der Waals surface area contributed by atoms with Gasteiger partial charge in [0.1, 0.15) is 11.6 Å². The van der Waals surface area contributed by atoms with Crippen molar-refractivity contribution in [3.8, 4) is 6.07 Å². The van der Waals surface area contributed by atoms with Crippen molar-refractivity contribution in [2.24, 2.45) is 0 Å². The molecule has 0 bridgehead atoms. The van der Waals surface area contributed by atoms with E-state index in [4.69, 9.17) is 0 Å². The molecule has 2 aromatic carbocycles. The molecular formula is C24H24N4O. The maximum absolute atomic E-state index is 13.0. The molecular weight excluding hydrogens is 360 g/mol. The highest BCUT2D eigenvalue weighted by molar-refractivity contribution is 6.04. The summed E-state index contributed by atoms with van der Waals surface area (Å²) >= 11 is 0. The average Bonchev–Trinajstić information content (AvgIpc) is 3.15. The maximum atomic E-state index is 13.0. The van der Waals surface area contributed by atoms with Gasteiger partial charge in [-0.05, 0) is 31.2 Å². The number of anilines is 1. The molecule has 3 aromatic rings. The van der Waals surface area contributed by atoms with Gasteiger partial charge in [-0.1, -0.05) is 36.4 Å². The quantitative estimate of drug-likeness (QED) is 0.506. The number of nitriles is 1. The molecule has 146 valence electrons. The Hall–Kier alpha value is -3.52. The molecule has 5 nitrogen and oxygen atoms in total. The lowest BCUT2D eigenvalue weighted by Crippen LogP contribution is -2.49. The smallest absolute Gasteiger partial charge is 0.264 e. The van der Waals surface area contributed by atoms with Gasteiger partial charge in [-0.25, -0.2) is 0 Å². The van der Waals surface area contributed by atoms with E-state index in [0.29, 0.717) is 13.1 Å². The van der Waals surface area contributed by atoms with Crippen molar-refractivity contribution in [3.63, 3.8) is 0 Å². The van der Waals surface area contributed by atoms with Crippen LogP contribution in [0.3, 0.4) is 0 Å². The van der Waals surface area contributed by atoms with Crippen molar-refractivity contribution in [2.75, 3.05) is 31.1 Å². The normalized spacial score (nSPS) is 14.8. The lowest BCUT2D eigenvalue weighted by atomic mass is 10.1. The molecule has 1 aliphatic rings. The van der Waals surface area contributed by atoms with Crippen molar-refractivity contribution in [2.45, 2.75) is 13.5 Å². The zero-order valence-electron chi connectivity index (χ0n) is 16.6. The monoisotopic (exact) mass is 384 g/mol. The Bertz CT molecular complexity index is 1080. The second kappa shape index (κ2) is 8.24. The second-order valence-corrected chi connectivity index (χ2v) is 7.17. The van der Waals surface area contributed by atoms with E-state index in [1.54, 1.807) is 11.0 Å². The van der Waals surface area contributed by atoms with Crippen LogP contribution in [0.5, 0.6) is 0 Å². The topological polar surface area (TPSA) is 52.3 Å². The molecule has 0 saturated carbocycles. The summed E-state index contributed by atoms with van der Waals surface area (Å²) in [5.74, 6) is -0.187. The minimum atomic E-state index is -0.187. The van der Waals surface area contributed by atoms with Crippen LogP contribution in [-0.2, 0) is 11.3 Å². The summed E-state index contributed by atoms with van der Waals surface area (Å²) in [6.45, 7) is 5.69. The summed E-state index contributed by atoms with van der Waals surface area (Å²) in [4.78, 5) is 17.1. The minimum Gasteiger partial charge on any atom is -0.368 e. The molecule has 0 atom stereocenters. The molecule has 4 rings (SSSR count). The second-order valence-electron chi connectivity index (χ2n) is 7.17. The minimum absolute atomic E-state index is 0.187. The summed E-state index contributed by atoms with van der Waals surface area (Å²) in [5, 5.41) is 10.7. The van der Waals surface area contributed by atoms with Crippen LogP contribution in [0, 0.1) is 11.3 Å². The molecule has 0 radical (unpaired) electrons. The van der Waals surface area contributed by atoms with Gasteiger partial charge in [0.05, 0.1) is 0 Å². The standard InChI is InChI=1S/C24H24N4O/c1-2-26-18-20(22-10-6-7-11-23(22)26)16-19(17-25)24(29)28-14-12-27(13-15-28)21-8-4-3-5-9-21/h3-11,16,18H,2,12-15H2,1H3/b19-16+. The fourth-order valence-corrected chi connectivity index (χ4v) is 3.93. The molecule has 0 spiro atoms. The summed E-state index contributed by atoms with van der Waals surface area (Å²) in [7, 11) is 0.